The van der Waals surface area contributed by atoms with Crippen LogP contribution in [-0.4, -0.2) is 20.9 Å². The molecule has 2 heterocycles. The second kappa shape index (κ2) is 4.22. The second-order valence-electron chi connectivity index (χ2n) is 3.10. The molecule has 2 aromatic rings. The minimum atomic E-state index is -0.0893. The van der Waals surface area contributed by atoms with E-state index in [4.69, 9.17) is 0 Å². The molecule has 0 radical (unpaired) electrons. The lowest BCUT2D eigenvalue weighted by Crippen LogP contribution is -2.14. The van der Waals surface area contributed by atoms with Crippen LogP contribution < -0.4 is 5.32 Å². The minimum absolute atomic E-state index is 0.0893. The number of aromatic nitrogens is 3. The molecule has 0 atom stereocenters. The van der Waals surface area contributed by atoms with E-state index >= 15 is 0 Å². The average Bonchev–Trinajstić information content (AvgIpc) is 2.77. The summed E-state index contributed by atoms with van der Waals surface area (Å²) in [5.41, 5.74) is 1.71. The Balaban J connectivity index is 1.93. The van der Waals surface area contributed by atoms with Crippen LogP contribution >= 0.6 is 11.3 Å². The summed E-state index contributed by atoms with van der Waals surface area (Å²) in [7, 11) is 0. The van der Waals surface area contributed by atoms with Gasteiger partial charge in [0, 0.05) is 17.3 Å². The molecule has 15 heavy (non-hydrogen) atoms. The lowest BCUT2D eigenvalue weighted by molar-refractivity contribution is -0.115. The van der Waals surface area contributed by atoms with Gasteiger partial charge in [0.2, 0.25) is 5.91 Å². The first kappa shape index (κ1) is 9.85. The van der Waals surface area contributed by atoms with Crippen molar-refractivity contribution in [1.82, 2.24) is 15.0 Å². The molecule has 0 fully saturated rings. The molecule has 2 aromatic heterocycles. The molecule has 0 spiro atoms. The van der Waals surface area contributed by atoms with Crippen LogP contribution in [0.2, 0.25) is 0 Å². The highest BCUT2D eigenvalue weighted by Gasteiger charge is 2.06. The van der Waals surface area contributed by atoms with Crippen molar-refractivity contribution < 1.29 is 4.79 Å². The molecule has 0 bridgehead atoms. The number of nitrogens with zero attached hydrogens (tertiary/aromatic N) is 2. The third kappa shape index (κ3) is 2.63. The van der Waals surface area contributed by atoms with Crippen LogP contribution in [0.4, 0.5) is 5.13 Å². The maximum absolute atomic E-state index is 11.5. The van der Waals surface area contributed by atoms with Crippen LogP contribution in [0, 0.1) is 6.92 Å². The van der Waals surface area contributed by atoms with Gasteiger partial charge in [0.15, 0.2) is 5.13 Å². The summed E-state index contributed by atoms with van der Waals surface area (Å²) >= 11 is 1.42. The van der Waals surface area contributed by atoms with Gasteiger partial charge in [-0.25, -0.2) is 9.97 Å². The first-order valence-corrected chi connectivity index (χ1v) is 5.31. The molecule has 2 N–H and O–H groups in total. The van der Waals surface area contributed by atoms with Crippen molar-refractivity contribution in [2.24, 2.45) is 0 Å². The Labute approximate surface area is 90.6 Å². The van der Waals surface area contributed by atoms with Crippen molar-refractivity contribution in [2.75, 3.05) is 5.32 Å². The van der Waals surface area contributed by atoms with E-state index in [9.17, 15) is 4.79 Å². The summed E-state index contributed by atoms with van der Waals surface area (Å²) in [6, 6.07) is 0. The molecule has 0 aromatic carbocycles. The molecule has 1 amide bonds. The summed E-state index contributed by atoms with van der Waals surface area (Å²) in [6.45, 7) is 1.89. The number of hydrogen-bond donors (Lipinski definition) is 2. The molecule has 0 saturated heterocycles. The number of amides is 1. The fraction of sp³-hybridized carbons (Fsp3) is 0.222. The number of carbonyl (C=O) groups excluding carboxylic acids is 1. The molecule has 78 valence electrons. The van der Waals surface area contributed by atoms with Gasteiger partial charge in [-0.3, -0.25) is 4.79 Å². The lowest BCUT2D eigenvalue weighted by atomic mass is 10.3. The van der Waals surface area contributed by atoms with E-state index in [2.05, 4.69) is 20.3 Å². The Morgan fingerprint density at radius 2 is 2.53 bits per heavy atom. The van der Waals surface area contributed by atoms with Crippen LogP contribution in [0.25, 0.3) is 0 Å². The molecule has 0 aliphatic heterocycles. The van der Waals surface area contributed by atoms with Gasteiger partial charge < -0.3 is 10.3 Å². The van der Waals surface area contributed by atoms with Crippen molar-refractivity contribution in [3.8, 4) is 0 Å². The Hall–Kier alpha value is -1.69. The van der Waals surface area contributed by atoms with Crippen LogP contribution in [0.5, 0.6) is 0 Å². The number of aromatic amines is 1. The van der Waals surface area contributed by atoms with E-state index < -0.39 is 0 Å². The SMILES string of the molecule is Cc1csc(NC(=O)Cc2cnc[nH]2)n1. The van der Waals surface area contributed by atoms with Gasteiger partial charge >= 0.3 is 0 Å². The molecule has 0 unspecified atom stereocenters. The number of aryl methyl sites for hydroxylation is 1. The first-order valence-electron chi connectivity index (χ1n) is 4.43. The van der Waals surface area contributed by atoms with E-state index in [1.54, 1.807) is 12.5 Å². The van der Waals surface area contributed by atoms with E-state index in [1.807, 2.05) is 12.3 Å². The third-order valence-corrected chi connectivity index (χ3v) is 2.65. The van der Waals surface area contributed by atoms with Gasteiger partial charge in [0.05, 0.1) is 18.4 Å². The number of H-pyrrole nitrogens is 1. The number of imidazole rings is 1. The summed E-state index contributed by atoms with van der Waals surface area (Å²) in [5, 5.41) is 5.25. The number of nitrogens with one attached hydrogen (secondary N) is 2. The molecule has 0 saturated carbocycles. The molecule has 5 nitrogen and oxygen atoms in total. The summed E-state index contributed by atoms with van der Waals surface area (Å²) in [5.74, 6) is -0.0893. The third-order valence-electron chi connectivity index (χ3n) is 1.77. The molecule has 6 heteroatoms. The van der Waals surface area contributed by atoms with Crippen LogP contribution in [0.3, 0.4) is 0 Å². The number of carbonyl (C=O) groups is 1. The fourth-order valence-corrected chi connectivity index (χ4v) is 1.83. The summed E-state index contributed by atoms with van der Waals surface area (Å²) < 4.78 is 0. The van der Waals surface area contributed by atoms with Crippen LogP contribution in [0.15, 0.2) is 17.9 Å². The highest BCUT2D eigenvalue weighted by Crippen LogP contribution is 2.14. The van der Waals surface area contributed by atoms with Crippen molar-refractivity contribution in [1.29, 1.82) is 0 Å². The maximum Gasteiger partial charge on any atom is 0.232 e. The van der Waals surface area contributed by atoms with Crippen LogP contribution in [-0.2, 0) is 11.2 Å². The van der Waals surface area contributed by atoms with Gasteiger partial charge in [-0.05, 0) is 6.92 Å². The van der Waals surface area contributed by atoms with Crippen molar-refractivity contribution in [3.63, 3.8) is 0 Å². The molecule has 2 rings (SSSR count). The standard InChI is InChI=1S/C9H10N4OS/c1-6-4-15-9(12-6)13-8(14)2-7-3-10-5-11-7/h3-5H,2H2,1H3,(H,10,11)(H,12,13,14). The van der Waals surface area contributed by atoms with Gasteiger partial charge in [0.25, 0.3) is 0 Å². The number of hydrogen-bond acceptors (Lipinski definition) is 4. The zero-order chi connectivity index (χ0) is 10.7. The van der Waals surface area contributed by atoms with E-state index in [1.165, 1.54) is 11.3 Å². The fourth-order valence-electron chi connectivity index (χ4n) is 1.13. The van der Waals surface area contributed by atoms with E-state index in [0.29, 0.717) is 11.6 Å². The van der Waals surface area contributed by atoms with Gasteiger partial charge in [-0.1, -0.05) is 0 Å². The van der Waals surface area contributed by atoms with Crippen molar-refractivity contribution >= 4 is 22.4 Å². The van der Waals surface area contributed by atoms with Gasteiger partial charge in [-0.15, -0.1) is 11.3 Å². The minimum Gasteiger partial charge on any atom is -0.348 e. The average molecular weight is 222 g/mol. The largest absolute Gasteiger partial charge is 0.348 e. The van der Waals surface area contributed by atoms with Gasteiger partial charge in [0.1, 0.15) is 0 Å². The van der Waals surface area contributed by atoms with E-state index in [0.717, 1.165) is 11.4 Å². The van der Waals surface area contributed by atoms with Crippen molar-refractivity contribution in [3.05, 3.63) is 29.3 Å². The molecular formula is C9H10N4OS. The zero-order valence-electron chi connectivity index (χ0n) is 8.15. The molecular weight excluding hydrogens is 212 g/mol. The molecule has 0 aliphatic carbocycles. The van der Waals surface area contributed by atoms with Gasteiger partial charge in [-0.2, -0.15) is 0 Å². The quantitative estimate of drug-likeness (QED) is 0.823. The number of anilines is 1. The molecule has 0 aliphatic rings. The monoisotopic (exact) mass is 222 g/mol. The lowest BCUT2D eigenvalue weighted by Gasteiger charge is -1.98. The van der Waals surface area contributed by atoms with Crippen molar-refractivity contribution in [2.45, 2.75) is 13.3 Å². The Morgan fingerprint density at radius 1 is 1.67 bits per heavy atom. The number of rotatable bonds is 3. The Bertz CT molecular complexity index is 448. The summed E-state index contributed by atoms with van der Waals surface area (Å²) in [4.78, 5) is 22.3. The first-order chi connectivity index (χ1) is 7.24. The predicted molar refractivity (Wildman–Crippen MR) is 57.8 cm³/mol. The zero-order valence-corrected chi connectivity index (χ0v) is 8.97. The Kier molecular flexibility index (Phi) is 2.77. The summed E-state index contributed by atoms with van der Waals surface area (Å²) in [6.07, 6.45) is 3.47. The second-order valence-corrected chi connectivity index (χ2v) is 3.95. The Morgan fingerprint density at radius 3 is 3.13 bits per heavy atom. The maximum atomic E-state index is 11.5. The normalized spacial score (nSPS) is 10.2. The predicted octanol–water partition coefficient (Wildman–Crippen LogP) is 1.36. The smallest absolute Gasteiger partial charge is 0.232 e. The highest BCUT2D eigenvalue weighted by molar-refractivity contribution is 7.13. The van der Waals surface area contributed by atoms with Crippen LogP contribution in [0.1, 0.15) is 11.4 Å². The highest BCUT2D eigenvalue weighted by atomic mass is 32.1. The number of thiazole rings is 1. The van der Waals surface area contributed by atoms with E-state index in [-0.39, 0.29) is 5.91 Å². The topological polar surface area (TPSA) is 70.7 Å².